The number of nitrogens with one attached hydrogen (secondary N) is 1. The molecule has 1 atom stereocenters. The van der Waals surface area contributed by atoms with Crippen molar-refractivity contribution in [3.05, 3.63) is 38.3 Å². The van der Waals surface area contributed by atoms with Gasteiger partial charge in [0.25, 0.3) is 0 Å². The number of hydrogen-bond acceptors (Lipinski definition) is 2. The first-order chi connectivity index (χ1) is 9.26. The van der Waals surface area contributed by atoms with Gasteiger partial charge in [0, 0.05) is 8.95 Å². The molecule has 20 heavy (non-hydrogen) atoms. The number of alkyl carbamates (subject to hydrolysis) is 1. The Morgan fingerprint density at radius 1 is 1.30 bits per heavy atom. The van der Waals surface area contributed by atoms with Crippen molar-refractivity contribution in [2.75, 3.05) is 0 Å². The Morgan fingerprint density at radius 3 is 2.60 bits per heavy atom. The van der Waals surface area contributed by atoms with E-state index >= 15 is 0 Å². The molecule has 0 radical (unpaired) electrons. The highest BCUT2D eigenvalue weighted by molar-refractivity contribution is 9.13. The summed E-state index contributed by atoms with van der Waals surface area (Å²) in [6.45, 7) is 5.57. The zero-order chi connectivity index (χ0) is 14.9. The first-order valence-corrected chi connectivity index (χ1v) is 8.00. The van der Waals surface area contributed by atoms with Crippen LogP contribution in [-0.2, 0) is 4.74 Å². The van der Waals surface area contributed by atoms with Gasteiger partial charge in [0.1, 0.15) is 5.60 Å². The number of fused-ring (bicyclic) bond motifs is 1. The van der Waals surface area contributed by atoms with E-state index in [1.807, 2.05) is 32.9 Å². The lowest BCUT2D eigenvalue weighted by Crippen LogP contribution is -2.35. The van der Waals surface area contributed by atoms with E-state index in [-0.39, 0.29) is 12.1 Å². The third-order valence-electron chi connectivity index (χ3n) is 2.86. The molecule has 1 aliphatic rings. The van der Waals surface area contributed by atoms with E-state index in [9.17, 15) is 4.79 Å². The van der Waals surface area contributed by atoms with Crippen LogP contribution in [0.4, 0.5) is 4.79 Å². The van der Waals surface area contributed by atoms with Gasteiger partial charge >= 0.3 is 6.09 Å². The third-order valence-corrected chi connectivity index (χ3v) is 4.71. The highest BCUT2D eigenvalue weighted by Gasteiger charge is 2.23. The van der Waals surface area contributed by atoms with Crippen LogP contribution in [0.2, 0.25) is 0 Å². The Bertz CT molecular complexity index is 562. The van der Waals surface area contributed by atoms with Gasteiger partial charge in [-0.3, -0.25) is 0 Å². The largest absolute Gasteiger partial charge is 0.444 e. The summed E-state index contributed by atoms with van der Waals surface area (Å²) in [5.74, 6) is 0. The fourth-order valence-corrected chi connectivity index (χ4v) is 2.79. The monoisotopic (exact) mass is 401 g/mol. The number of benzene rings is 1. The molecule has 0 saturated carbocycles. The number of hydrogen-bond donors (Lipinski definition) is 1. The Kier molecular flexibility index (Phi) is 4.59. The minimum Gasteiger partial charge on any atom is -0.444 e. The normalized spacial score (nSPS) is 17.6. The van der Waals surface area contributed by atoms with Gasteiger partial charge in [-0.05, 0) is 82.3 Å². The summed E-state index contributed by atoms with van der Waals surface area (Å²) in [6.07, 6.45) is 4.51. The maximum absolute atomic E-state index is 11.9. The number of carbonyl (C=O) groups is 1. The van der Waals surface area contributed by atoms with Crippen LogP contribution in [0, 0.1) is 0 Å². The van der Waals surface area contributed by atoms with Crippen molar-refractivity contribution in [1.29, 1.82) is 0 Å². The molecular weight excluding hydrogens is 386 g/mol. The molecule has 2 rings (SSSR count). The van der Waals surface area contributed by atoms with E-state index in [2.05, 4.69) is 49.3 Å². The van der Waals surface area contributed by atoms with Crippen molar-refractivity contribution in [3.8, 4) is 0 Å². The molecule has 1 aromatic carbocycles. The molecule has 0 heterocycles. The van der Waals surface area contributed by atoms with E-state index in [1.165, 1.54) is 0 Å². The van der Waals surface area contributed by atoms with Gasteiger partial charge < -0.3 is 10.1 Å². The molecular formula is C15H17Br2NO2. The van der Waals surface area contributed by atoms with Crippen molar-refractivity contribution in [1.82, 2.24) is 5.32 Å². The van der Waals surface area contributed by atoms with Crippen molar-refractivity contribution >= 4 is 44.0 Å². The molecule has 0 unspecified atom stereocenters. The number of carbonyl (C=O) groups excluding carboxylic acids is 1. The van der Waals surface area contributed by atoms with Gasteiger partial charge in [-0.1, -0.05) is 12.2 Å². The molecule has 0 aromatic heterocycles. The van der Waals surface area contributed by atoms with Crippen LogP contribution in [0.15, 0.2) is 27.2 Å². The Labute approximate surface area is 136 Å². The second-order valence-electron chi connectivity index (χ2n) is 5.73. The molecule has 1 aliphatic carbocycles. The average Bonchev–Trinajstić information content (AvgIpc) is 2.29. The zero-order valence-electron chi connectivity index (χ0n) is 11.7. The van der Waals surface area contributed by atoms with Gasteiger partial charge in [0.15, 0.2) is 0 Å². The molecule has 0 bridgehead atoms. The number of amides is 1. The summed E-state index contributed by atoms with van der Waals surface area (Å²) in [5.41, 5.74) is 1.71. The van der Waals surface area contributed by atoms with Gasteiger partial charge in [-0.25, -0.2) is 4.79 Å². The summed E-state index contributed by atoms with van der Waals surface area (Å²) in [6, 6.07) is 4.01. The molecule has 0 spiro atoms. The SMILES string of the molecule is CC(C)(C)OC(=O)N[C@H]1CC=Cc2cc(Br)c(Br)cc21. The predicted molar refractivity (Wildman–Crippen MR) is 87.6 cm³/mol. The summed E-state index contributed by atoms with van der Waals surface area (Å²) >= 11 is 6.99. The lowest BCUT2D eigenvalue weighted by atomic mass is 9.93. The van der Waals surface area contributed by atoms with E-state index < -0.39 is 5.60 Å². The molecule has 0 aliphatic heterocycles. The third kappa shape index (κ3) is 3.85. The summed E-state index contributed by atoms with van der Waals surface area (Å²) in [7, 11) is 0. The molecule has 5 heteroatoms. The highest BCUT2D eigenvalue weighted by Crippen LogP contribution is 2.34. The second kappa shape index (κ2) is 5.90. The van der Waals surface area contributed by atoms with Crippen molar-refractivity contribution < 1.29 is 9.53 Å². The fourth-order valence-electron chi connectivity index (χ4n) is 2.07. The van der Waals surface area contributed by atoms with Crippen molar-refractivity contribution in [2.45, 2.75) is 38.8 Å². The lowest BCUT2D eigenvalue weighted by molar-refractivity contribution is 0.0503. The van der Waals surface area contributed by atoms with E-state index in [4.69, 9.17) is 4.74 Å². The van der Waals surface area contributed by atoms with E-state index in [1.54, 1.807) is 0 Å². The summed E-state index contributed by atoms with van der Waals surface area (Å²) < 4.78 is 7.29. The number of ether oxygens (including phenoxy) is 1. The first kappa shape index (κ1) is 15.6. The molecule has 1 aromatic rings. The Morgan fingerprint density at radius 2 is 1.95 bits per heavy atom. The molecule has 3 nitrogen and oxygen atoms in total. The van der Waals surface area contributed by atoms with Crippen LogP contribution in [0.5, 0.6) is 0 Å². The Balaban J connectivity index is 2.19. The van der Waals surface area contributed by atoms with Crippen LogP contribution < -0.4 is 5.32 Å². The maximum Gasteiger partial charge on any atom is 0.408 e. The van der Waals surface area contributed by atoms with Crippen LogP contribution in [0.1, 0.15) is 44.4 Å². The lowest BCUT2D eigenvalue weighted by Gasteiger charge is -2.26. The van der Waals surface area contributed by atoms with Gasteiger partial charge in [-0.2, -0.15) is 0 Å². The van der Waals surface area contributed by atoms with Gasteiger partial charge in [0.2, 0.25) is 0 Å². The van der Waals surface area contributed by atoms with Crippen LogP contribution >= 0.6 is 31.9 Å². The van der Waals surface area contributed by atoms with Gasteiger partial charge in [0.05, 0.1) is 6.04 Å². The minimum atomic E-state index is -0.488. The van der Waals surface area contributed by atoms with Crippen LogP contribution in [0.25, 0.3) is 6.08 Å². The maximum atomic E-state index is 11.9. The second-order valence-corrected chi connectivity index (χ2v) is 7.44. The molecule has 0 fully saturated rings. The molecule has 1 amide bonds. The van der Waals surface area contributed by atoms with Crippen LogP contribution in [-0.4, -0.2) is 11.7 Å². The predicted octanol–water partition coefficient (Wildman–Crippen LogP) is 5.19. The molecule has 1 N–H and O–H groups in total. The van der Waals surface area contributed by atoms with Crippen molar-refractivity contribution in [3.63, 3.8) is 0 Å². The van der Waals surface area contributed by atoms with Crippen molar-refractivity contribution in [2.24, 2.45) is 0 Å². The quantitative estimate of drug-likeness (QED) is 0.701. The summed E-state index contributed by atoms with van der Waals surface area (Å²) in [5, 5.41) is 2.93. The summed E-state index contributed by atoms with van der Waals surface area (Å²) in [4.78, 5) is 11.9. The van der Waals surface area contributed by atoms with E-state index in [0.29, 0.717) is 0 Å². The zero-order valence-corrected chi connectivity index (χ0v) is 14.8. The Hall–Kier alpha value is -0.810. The van der Waals surface area contributed by atoms with Crippen LogP contribution in [0.3, 0.4) is 0 Å². The highest BCUT2D eigenvalue weighted by atomic mass is 79.9. The van der Waals surface area contributed by atoms with Gasteiger partial charge in [-0.15, -0.1) is 0 Å². The molecule has 0 saturated heterocycles. The first-order valence-electron chi connectivity index (χ1n) is 6.41. The van der Waals surface area contributed by atoms with E-state index in [0.717, 1.165) is 26.5 Å². The average molecular weight is 403 g/mol. The fraction of sp³-hybridized carbons (Fsp3) is 0.400. The topological polar surface area (TPSA) is 38.3 Å². The molecule has 108 valence electrons. The smallest absolute Gasteiger partial charge is 0.408 e. The standard InChI is InChI=1S/C15H17Br2NO2/c1-15(2,3)20-14(19)18-13-6-4-5-9-7-11(16)12(17)8-10(9)13/h4-5,7-8,13H,6H2,1-3H3,(H,18,19)/t13-/m0/s1. The number of rotatable bonds is 1. The number of halogens is 2. The minimum absolute atomic E-state index is 0.0609.